The minimum atomic E-state index is -3.07. The van der Waals surface area contributed by atoms with Crippen molar-refractivity contribution in [2.75, 3.05) is 16.4 Å². The van der Waals surface area contributed by atoms with Crippen molar-refractivity contribution >= 4 is 50.0 Å². The zero-order valence-electron chi connectivity index (χ0n) is 13.7. The minimum absolute atomic E-state index is 0.0745. The predicted octanol–water partition coefficient (Wildman–Crippen LogP) is 2.91. The number of rotatable bonds is 2. The van der Waals surface area contributed by atoms with Crippen LogP contribution in [0.15, 0.2) is 23.2 Å². The number of fused-ring (bicyclic) bond motifs is 1. The van der Waals surface area contributed by atoms with Crippen LogP contribution in [-0.2, 0) is 14.6 Å². The average Bonchev–Trinajstić information content (AvgIpc) is 2.93. The number of nitrogens with zero attached hydrogens (tertiary/aromatic N) is 2. The van der Waals surface area contributed by atoms with Crippen molar-refractivity contribution in [1.29, 1.82) is 0 Å². The lowest BCUT2D eigenvalue weighted by molar-refractivity contribution is -0.120. The van der Waals surface area contributed by atoms with Crippen LogP contribution in [0.25, 0.3) is 0 Å². The van der Waals surface area contributed by atoms with E-state index in [4.69, 9.17) is 11.6 Å². The molecule has 0 aromatic heterocycles. The summed E-state index contributed by atoms with van der Waals surface area (Å²) in [5.41, 5.74) is 1.72. The molecule has 1 aromatic carbocycles. The average molecular weight is 387 g/mol. The van der Waals surface area contributed by atoms with E-state index in [1.165, 1.54) is 11.8 Å². The Kier molecular flexibility index (Phi) is 4.70. The van der Waals surface area contributed by atoms with Gasteiger partial charge in [-0.15, -0.1) is 0 Å². The summed E-state index contributed by atoms with van der Waals surface area (Å²) in [6, 6.07) is 5.38. The van der Waals surface area contributed by atoms with E-state index in [0.29, 0.717) is 10.2 Å². The third-order valence-corrected chi connectivity index (χ3v) is 7.82. The van der Waals surface area contributed by atoms with Crippen LogP contribution in [0.4, 0.5) is 5.69 Å². The highest BCUT2D eigenvalue weighted by Crippen LogP contribution is 2.41. The van der Waals surface area contributed by atoms with Crippen molar-refractivity contribution in [1.82, 2.24) is 0 Å². The molecule has 0 N–H and O–H groups in total. The molecule has 1 aromatic rings. The Bertz CT molecular complexity index is 821. The summed E-state index contributed by atoms with van der Waals surface area (Å²) < 4.78 is 24.0. The van der Waals surface area contributed by atoms with Gasteiger partial charge >= 0.3 is 0 Å². The first kappa shape index (κ1) is 17.8. The molecule has 0 unspecified atom stereocenters. The largest absolute Gasteiger partial charge is 0.316 e. The topological polar surface area (TPSA) is 66.8 Å². The van der Waals surface area contributed by atoms with E-state index < -0.39 is 9.84 Å². The maximum atomic E-state index is 12.1. The number of aliphatic imine (C=N–C) groups is 1. The van der Waals surface area contributed by atoms with Crippen LogP contribution in [0.2, 0.25) is 5.02 Å². The smallest absolute Gasteiger partial charge is 0.250 e. The molecular formula is C16H19ClN2O3S2. The fourth-order valence-corrected chi connectivity index (χ4v) is 6.92. The molecule has 0 bridgehead atoms. The number of thioether (sulfide) groups is 1. The summed E-state index contributed by atoms with van der Waals surface area (Å²) in [5, 5.41) is 1.07. The number of hydrogen-bond donors (Lipinski definition) is 0. The Morgan fingerprint density at radius 1 is 1.38 bits per heavy atom. The molecule has 2 atom stereocenters. The van der Waals surface area contributed by atoms with Gasteiger partial charge in [-0.3, -0.25) is 4.79 Å². The van der Waals surface area contributed by atoms with Crippen LogP contribution in [0.3, 0.4) is 0 Å². The van der Waals surface area contributed by atoms with Crippen molar-refractivity contribution in [2.24, 2.45) is 10.9 Å². The normalized spacial score (nSPS) is 27.0. The zero-order chi connectivity index (χ0) is 17.6. The molecule has 24 heavy (non-hydrogen) atoms. The second-order valence-electron chi connectivity index (χ2n) is 6.49. The number of amides is 1. The monoisotopic (exact) mass is 386 g/mol. The predicted molar refractivity (Wildman–Crippen MR) is 99.8 cm³/mol. The van der Waals surface area contributed by atoms with Crippen molar-refractivity contribution in [3.63, 3.8) is 0 Å². The molecule has 2 saturated heterocycles. The van der Waals surface area contributed by atoms with Crippen LogP contribution in [0.1, 0.15) is 19.4 Å². The molecular weight excluding hydrogens is 368 g/mol. The molecule has 0 aliphatic carbocycles. The number of benzene rings is 1. The summed E-state index contributed by atoms with van der Waals surface area (Å²) in [7, 11) is -3.07. The standard InChI is InChI=1S/C16H19ClN2O3S2/c1-9(2)15(20)18-16-19(11-5-4-10(3)12(17)6-11)13-7-24(21,22)8-14(13)23-16/h4-6,9,13-14H,7-8H2,1-3H3/t13-,14-/m0/s1. The quantitative estimate of drug-likeness (QED) is 0.781. The summed E-state index contributed by atoms with van der Waals surface area (Å²) in [5.74, 6) is -0.215. The molecule has 0 radical (unpaired) electrons. The number of amidine groups is 1. The fraction of sp³-hybridized carbons (Fsp3) is 0.500. The van der Waals surface area contributed by atoms with Crippen LogP contribution < -0.4 is 4.90 Å². The Morgan fingerprint density at radius 2 is 2.08 bits per heavy atom. The second-order valence-corrected chi connectivity index (χ2v) is 10.3. The van der Waals surface area contributed by atoms with Gasteiger partial charge in [0.15, 0.2) is 15.0 Å². The fourth-order valence-electron chi connectivity index (χ4n) is 2.82. The first-order valence-corrected chi connectivity index (χ1v) is 10.8. The molecule has 5 nitrogen and oxygen atoms in total. The van der Waals surface area contributed by atoms with Crippen LogP contribution in [0.5, 0.6) is 0 Å². The Morgan fingerprint density at radius 3 is 2.71 bits per heavy atom. The van der Waals surface area contributed by atoms with Crippen LogP contribution >= 0.6 is 23.4 Å². The van der Waals surface area contributed by atoms with E-state index in [2.05, 4.69) is 4.99 Å². The number of halogens is 1. The number of aryl methyl sites for hydroxylation is 1. The lowest BCUT2D eigenvalue weighted by atomic mass is 10.1. The van der Waals surface area contributed by atoms with Gasteiger partial charge in [-0.25, -0.2) is 8.42 Å². The van der Waals surface area contributed by atoms with Crippen LogP contribution in [0, 0.1) is 12.8 Å². The third-order valence-electron chi connectivity index (χ3n) is 4.20. The summed E-state index contributed by atoms with van der Waals surface area (Å²) in [6.07, 6.45) is 0. The number of sulfone groups is 1. The molecule has 2 aliphatic heterocycles. The summed E-state index contributed by atoms with van der Waals surface area (Å²) in [4.78, 5) is 18.2. The number of carbonyl (C=O) groups excluding carboxylic acids is 1. The van der Waals surface area contributed by atoms with E-state index in [9.17, 15) is 13.2 Å². The highest BCUT2D eigenvalue weighted by atomic mass is 35.5. The highest BCUT2D eigenvalue weighted by molar-refractivity contribution is 8.16. The maximum absolute atomic E-state index is 12.1. The Labute approximate surface area is 151 Å². The maximum Gasteiger partial charge on any atom is 0.250 e. The van der Waals surface area contributed by atoms with E-state index in [1.807, 2.05) is 24.0 Å². The number of hydrogen-bond acceptors (Lipinski definition) is 4. The van der Waals surface area contributed by atoms with Crippen molar-refractivity contribution in [2.45, 2.75) is 32.1 Å². The van der Waals surface area contributed by atoms with Gasteiger partial charge in [0.2, 0.25) is 0 Å². The van der Waals surface area contributed by atoms with Crippen molar-refractivity contribution in [3.05, 3.63) is 28.8 Å². The van der Waals surface area contributed by atoms with Crippen molar-refractivity contribution in [3.8, 4) is 0 Å². The van der Waals surface area contributed by atoms with E-state index in [1.54, 1.807) is 19.9 Å². The summed E-state index contributed by atoms with van der Waals surface area (Å²) >= 11 is 7.61. The third kappa shape index (κ3) is 3.34. The second kappa shape index (κ2) is 6.35. The van der Waals surface area contributed by atoms with E-state index >= 15 is 0 Å². The minimum Gasteiger partial charge on any atom is -0.316 e. The SMILES string of the molecule is Cc1ccc(N2C(=NC(=O)C(C)C)S[C@H]3CS(=O)(=O)C[C@@H]32)cc1Cl. The highest BCUT2D eigenvalue weighted by Gasteiger charge is 2.49. The molecule has 1 amide bonds. The van der Waals surface area contributed by atoms with Crippen LogP contribution in [-0.4, -0.2) is 42.3 Å². The molecule has 3 rings (SSSR count). The van der Waals surface area contributed by atoms with Gasteiger partial charge in [0.25, 0.3) is 5.91 Å². The Balaban J connectivity index is 2.04. The first-order chi connectivity index (χ1) is 11.2. The lowest BCUT2D eigenvalue weighted by Crippen LogP contribution is -2.37. The molecule has 2 aliphatic rings. The van der Waals surface area contributed by atoms with Gasteiger partial charge in [-0.2, -0.15) is 4.99 Å². The first-order valence-electron chi connectivity index (χ1n) is 7.73. The van der Waals surface area contributed by atoms with Gasteiger partial charge < -0.3 is 4.90 Å². The molecule has 8 heteroatoms. The van der Waals surface area contributed by atoms with Crippen molar-refractivity contribution < 1.29 is 13.2 Å². The molecule has 0 spiro atoms. The van der Waals surface area contributed by atoms with Gasteiger partial charge in [-0.1, -0.05) is 43.3 Å². The van der Waals surface area contributed by atoms with Gasteiger partial charge in [0.05, 0.1) is 17.5 Å². The van der Waals surface area contributed by atoms with E-state index in [0.717, 1.165) is 11.3 Å². The van der Waals surface area contributed by atoms with Gasteiger partial charge in [-0.05, 0) is 24.6 Å². The summed E-state index contributed by atoms with van der Waals surface area (Å²) in [6.45, 7) is 5.50. The molecule has 2 heterocycles. The molecule has 2 fully saturated rings. The molecule has 0 saturated carbocycles. The number of anilines is 1. The Hall–Kier alpha value is -1.05. The lowest BCUT2D eigenvalue weighted by Gasteiger charge is -2.25. The van der Waals surface area contributed by atoms with Gasteiger partial charge in [0.1, 0.15) is 0 Å². The van der Waals surface area contributed by atoms with E-state index in [-0.39, 0.29) is 34.6 Å². The zero-order valence-corrected chi connectivity index (χ0v) is 16.1. The number of carbonyl (C=O) groups is 1. The van der Waals surface area contributed by atoms with Gasteiger partial charge in [0, 0.05) is 21.9 Å². The molecule has 130 valence electrons.